The molecule has 0 fully saturated rings. The van der Waals surface area contributed by atoms with Gasteiger partial charge in [0.05, 0.1) is 11.0 Å². The number of para-hydroxylation sites is 2. The minimum atomic E-state index is -0.277. The van der Waals surface area contributed by atoms with E-state index in [1.54, 1.807) is 12.1 Å². The van der Waals surface area contributed by atoms with Crippen molar-refractivity contribution in [3.63, 3.8) is 0 Å². The average molecular weight is 368 g/mol. The van der Waals surface area contributed by atoms with Crippen LogP contribution < -0.4 is 10.6 Å². The van der Waals surface area contributed by atoms with Gasteiger partial charge in [-0.1, -0.05) is 26.0 Å². The van der Waals surface area contributed by atoms with E-state index in [1.165, 1.54) is 12.1 Å². The number of nitrogens with zero attached hydrogens (tertiary/aromatic N) is 2. The van der Waals surface area contributed by atoms with Gasteiger partial charge in [0.1, 0.15) is 11.6 Å². The number of hydrogen-bond donors (Lipinski definition) is 2. The second kappa shape index (κ2) is 8.66. The zero-order chi connectivity index (χ0) is 19.2. The Hall–Kier alpha value is -2.89. The summed E-state index contributed by atoms with van der Waals surface area (Å²) in [5.74, 6) is 1.04. The number of fused-ring (bicyclic) bond motifs is 1. The van der Waals surface area contributed by atoms with Gasteiger partial charge >= 0.3 is 6.03 Å². The second-order valence-corrected chi connectivity index (χ2v) is 6.95. The van der Waals surface area contributed by atoms with Gasteiger partial charge in [-0.25, -0.2) is 14.2 Å². The van der Waals surface area contributed by atoms with Crippen LogP contribution in [0.4, 0.5) is 9.18 Å². The first kappa shape index (κ1) is 18.9. The zero-order valence-corrected chi connectivity index (χ0v) is 15.7. The van der Waals surface area contributed by atoms with E-state index in [9.17, 15) is 9.18 Å². The highest BCUT2D eigenvalue weighted by molar-refractivity contribution is 5.80. The number of carbonyl (C=O) groups excluding carboxylic acids is 1. The van der Waals surface area contributed by atoms with E-state index >= 15 is 0 Å². The minimum Gasteiger partial charge on any atom is -0.338 e. The largest absolute Gasteiger partial charge is 0.338 e. The quantitative estimate of drug-likeness (QED) is 0.657. The molecule has 0 atom stereocenters. The van der Waals surface area contributed by atoms with Gasteiger partial charge in [0.15, 0.2) is 0 Å². The summed E-state index contributed by atoms with van der Waals surface area (Å²) >= 11 is 0. The van der Waals surface area contributed by atoms with Crippen LogP contribution in [0.1, 0.15) is 20.3 Å². The molecule has 2 aromatic carbocycles. The molecule has 0 spiro atoms. The third-order valence-electron chi connectivity index (χ3n) is 4.39. The first-order valence-corrected chi connectivity index (χ1v) is 9.27. The zero-order valence-electron chi connectivity index (χ0n) is 15.7. The third kappa shape index (κ3) is 4.84. The Balaban J connectivity index is 1.72. The van der Waals surface area contributed by atoms with Crippen LogP contribution in [-0.2, 0) is 6.54 Å². The van der Waals surface area contributed by atoms with Crippen LogP contribution in [0.15, 0.2) is 48.5 Å². The SMILES string of the molecule is CC(C)CCNC(=O)NCCn1c(-c2ccc(F)cc2)nc2ccccc21. The minimum absolute atomic E-state index is 0.164. The molecule has 2 amide bonds. The number of benzene rings is 2. The molecule has 5 nitrogen and oxygen atoms in total. The van der Waals surface area contributed by atoms with Crippen molar-refractivity contribution < 1.29 is 9.18 Å². The lowest BCUT2D eigenvalue weighted by Gasteiger charge is -2.12. The molecule has 0 unspecified atom stereocenters. The lowest BCUT2D eigenvalue weighted by Crippen LogP contribution is -2.38. The second-order valence-electron chi connectivity index (χ2n) is 6.95. The van der Waals surface area contributed by atoms with Crippen molar-refractivity contribution in [2.45, 2.75) is 26.8 Å². The number of imidazole rings is 1. The molecule has 1 aromatic heterocycles. The Kier molecular flexibility index (Phi) is 6.06. The van der Waals surface area contributed by atoms with Crippen LogP contribution in [0, 0.1) is 11.7 Å². The lowest BCUT2D eigenvalue weighted by molar-refractivity contribution is 0.240. The first-order valence-electron chi connectivity index (χ1n) is 9.27. The topological polar surface area (TPSA) is 59.0 Å². The maximum absolute atomic E-state index is 13.3. The van der Waals surface area contributed by atoms with Crippen molar-refractivity contribution in [2.75, 3.05) is 13.1 Å². The van der Waals surface area contributed by atoms with E-state index in [0.717, 1.165) is 28.8 Å². The Morgan fingerprint density at radius 3 is 2.52 bits per heavy atom. The number of carbonyl (C=O) groups is 1. The van der Waals surface area contributed by atoms with E-state index in [-0.39, 0.29) is 11.8 Å². The molecule has 2 N–H and O–H groups in total. The molecule has 1 heterocycles. The maximum atomic E-state index is 13.3. The molecule has 6 heteroatoms. The monoisotopic (exact) mass is 368 g/mol. The summed E-state index contributed by atoms with van der Waals surface area (Å²) in [5.41, 5.74) is 2.70. The summed E-state index contributed by atoms with van der Waals surface area (Å²) in [5, 5.41) is 5.76. The molecule has 3 rings (SSSR count). The number of hydrogen-bond acceptors (Lipinski definition) is 2. The van der Waals surface area contributed by atoms with Crippen molar-refractivity contribution in [3.05, 3.63) is 54.3 Å². The van der Waals surface area contributed by atoms with E-state index in [2.05, 4.69) is 29.0 Å². The van der Waals surface area contributed by atoms with Crippen molar-refractivity contribution in [2.24, 2.45) is 5.92 Å². The number of urea groups is 1. The van der Waals surface area contributed by atoms with Crippen LogP contribution in [-0.4, -0.2) is 28.7 Å². The highest BCUT2D eigenvalue weighted by Gasteiger charge is 2.12. The van der Waals surface area contributed by atoms with Gasteiger partial charge in [0, 0.05) is 25.2 Å². The van der Waals surface area contributed by atoms with E-state index in [1.807, 2.05) is 24.3 Å². The summed E-state index contributed by atoms with van der Waals surface area (Å²) in [6.07, 6.45) is 0.953. The van der Waals surface area contributed by atoms with Crippen molar-refractivity contribution in [1.82, 2.24) is 20.2 Å². The highest BCUT2D eigenvalue weighted by Crippen LogP contribution is 2.24. The predicted octanol–water partition coefficient (Wildman–Crippen LogP) is 4.19. The van der Waals surface area contributed by atoms with Gasteiger partial charge in [-0.3, -0.25) is 0 Å². The Bertz CT molecular complexity index is 902. The molecular formula is C21H25FN4O. The predicted molar refractivity (Wildman–Crippen MR) is 106 cm³/mol. The molecular weight excluding hydrogens is 343 g/mol. The van der Waals surface area contributed by atoms with Gasteiger partial charge in [-0.05, 0) is 48.7 Å². The molecule has 0 bridgehead atoms. The number of nitrogens with one attached hydrogen (secondary N) is 2. The van der Waals surface area contributed by atoms with Gasteiger partial charge in [-0.15, -0.1) is 0 Å². The van der Waals surface area contributed by atoms with Crippen LogP contribution in [0.3, 0.4) is 0 Å². The lowest BCUT2D eigenvalue weighted by atomic mass is 10.1. The fraction of sp³-hybridized carbons (Fsp3) is 0.333. The molecule has 27 heavy (non-hydrogen) atoms. The molecule has 142 valence electrons. The van der Waals surface area contributed by atoms with Crippen molar-refractivity contribution in [3.8, 4) is 11.4 Å². The fourth-order valence-electron chi connectivity index (χ4n) is 2.94. The molecule has 0 saturated heterocycles. The van der Waals surface area contributed by atoms with Crippen molar-refractivity contribution >= 4 is 17.1 Å². The molecule has 0 aliphatic rings. The maximum Gasteiger partial charge on any atom is 0.314 e. The van der Waals surface area contributed by atoms with Crippen molar-refractivity contribution in [1.29, 1.82) is 0 Å². The highest BCUT2D eigenvalue weighted by atomic mass is 19.1. The average Bonchev–Trinajstić information content (AvgIpc) is 3.01. The summed E-state index contributed by atoms with van der Waals surface area (Å²) in [7, 11) is 0. The van der Waals surface area contributed by atoms with Gasteiger partial charge in [0.25, 0.3) is 0 Å². The van der Waals surface area contributed by atoms with E-state index < -0.39 is 0 Å². The molecule has 0 aliphatic carbocycles. The number of amides is 2. The van der Waals surface area contributed by atoms with Crippen LogP contribution in [0.2, 0.25) is 0 Å². The molecule has 3 aromatic rings. The number of halogens is 1. The summed E-state index contributed by atoms with van der Waals surface area (Å²) in [6, 6.07) is 14.0. The summed E-state index contributed by atoms with van der Waals surface area (Å²) in [4.78, 5) is 16.6. The fourth-order valence-corrected chi connectivity index (χ4v) is 2.94. The molecule has 0 aliphatic heterocycles. The summed E-state index contributed by atoms with van der Waals surface area (Å²) < 4.78 is 15.3. The first-order chi connectivity index (χ1) is 13.0. The van der Waals surface area contributed by atoms with E-state index in [4.69, 9.17) is 4.98 Å². The van der Waals surface area contributed by atoms with Gasteiger partial charge < -0.3 is 15.2 Å². The number of aromatic nitrogens is 2. The van der Waals surface area contributed by atoms with E-state index in [0.29, 0.717) is 25.6 Å². The Morgan fingerprint density at radius 2 is 1.78 bits per heavy atom. The standard InChI is InChI=1S/C21H25FN4O/c1-15(2)11-12-23-21(27)24-13-14-26-19-6-4-3-5-18(19)25-20(26)16-7-9-17(22)10-8-16/h3-10,15H,11-14H2,1-2H3,(H2,23,24,27). The normalized spacial score (nSPS) is 11.1. The van der Waals surface area contributed by atoms with Crippen LogP contribution in [0.25, 0.3) is 22.4 Å². The van der Waals surface area contributed by atoms with Crippen LogP contribution in [0.5, 0.6) is 0 Å². The molecule has 0 saturated carbocycles. The smallest absolute Gasteiger partial charge is 0.314 e. The van der Waals surface area contributed by atoms with Crippen LogP contribution >= 0.6 is 0 Å². The summed E-state index contributed by atoms with van der Waals surface area (Å²) in [6.45, 7) is 5.96. The molecule has 0 radical (unpaired) electrons. The Labute approximate surface area is 158 Å². The number of rotatable bonds is 7. The van der Waals surface area contributed by atoms with Gasteiger partial charge in [-0.2, -0.15) is 0 Å². The third-order valence-corrected chi connectivity index (χ3v) is 4.39. The van der Waals surface area contributed by atoms with Gasteiger partial charge in [0.2, 0.25) is 0 Å². The Morgan fingerprint density at radius 1 is 1.07 bits per heavy atom.